The first-order valence-corrected chi connectivity index (χ1v) is 12.4. The van der Waals surface area contributed by atoms with Gasteiger partial charge in [-0.15, -0.1) is 0 Å². The van der Waals surface area contributed by atoms with E-state index in [-0.39, 0.29) is 28.7 Å². The van der Waals surface area contributed by atoms with E-state index >= 15 is 0 Å². The van der Waals surface area contributed by atoms with Gasteiger partial charge in [-0.2, -0.15) is 0 Å². The van der Waals surface area contributed by atoms with E-state index in [2.05, 4.69) is 4.90 Å². The van der Waals surface area contributed by atoms with E-state index in [4.69, 9.17) is 0 Å². The van der Waals surface area contributed by atoms with Crippen LogP contribution in [-0.2, 0) is 5.41 Å². The molecular weight excluding hydrogens is 450 g/mol. The molecule has 1 spiro atoms. The van der Waals surface area contributed by atoms with Crippen molar-refractivity contribution in [3.8, 4) is 0 Å². The summed E-state index contributed by atoms with van der Waals surface area (Å²) >= 11 is 0. The maximum absolute atomic E-state index is 14.2. The van der Waals surface area contributed by atoms with Gasteiger partial charge in [-0.05, 0) is 74.7 Å². The number of likely N-dealkylation sites (tertiary alicyclic amines) is 2. The smallest absolute Gasteiger partial charge is 0.323 e. The lowest BCUT2D eigenvalue weighted by atomic mass is 9.74. The maximum atomic E-state index is 14.2. The summed E-state index contributed by atoms with van der Waals surface area (Å²) in [6.45, 7) is 3.53. The molecule has 2 aromatic rings. The minimum atomic E-state index is -0.476. The van der Waals surface area contributed by atoms with Gasteiger partial charge in [0, 0.05) is 50.9 Å². The van der Waals surface area contributed by atoms with Gasteiger partial charge in [0.2, 0.25) is 0 Å². The number of piperidine rings is 2. The van der Waals surface area contributed by atoms with Gasteiger partial charge in [-0.25, -0.2) is 13.6 Å². The average molecular weight is 483 g/mol. The van der Waals surface area contributed by atoms with Crippen LogP contribution in [0.4, 0.5) is 19.3 Å². The first kappa shape index (κ1) is 23.7. The fraction of sp³-hybridized carbons (Fsp3) is 0.481. The molecule has 3 aliphatic rings. The van der Waals surface area contributed by atoms with Crippen LogP contribution in [-0.4, -0.2) is 79.5 Å². The van der Waals surface area contributed by atoms with Crippen molar-refractivity contribution in [3.63, 3.8) is 0 Å². The van der Waals surface area contributed by atoms with Crippen LogP contribution >= 0.6 is 0 Å². The van der Waals surface area contributed by atoms with E-state index in [0.717, 1.165) is 50.0 Å². The van der Waals surface area contributed by atoms with E-state index in [1.165, 1.54) is 12.1 Å². The molecule has 0 atom stereocenters. The van der Waals surface area contributed by atoms with Gasteiger partial charge in [0.05, 0.1) is 5.56 Å². The van der Waals surface area contributed by atoms with E-state index in [1.54, 1.807) is 59.1 Å². The molecule has 186 valence electrons. The van der Waals surface area contributed by atoms with Crippen LogP contribution in [0.15, 0.2) is 42.5 Å². The Labute approximate surface area is 205 Å². The van der Waals surface area contributed by atoms with Crippen LogP contribution in [0.2, 0.25) is 0 Å². The summed E-state index contributed by atoms with van der Waals surface area (Å²) in [5.41, 5.74) is 1.66. The monoisotopic (exact) mass is 482 g/mol. The summed E-state index contributed by atoms with van der Waals surface area (Å²) in [7, 11) is 3.48. The number of urea groups is 1. The predicted molar refractivity (Wildman–Crippen MR) is 131 cm³/mol. The zero-order chi connectivity index (χ0) is 24.7. The van der Waals surface area contributed by atoms with Crippen LogP contribution in [0.3, 0.4) is 0 Å². The topological polar surface area (TPSA) is 47.1 Å². The minimum Gasteiger partial charge on any atom is -0.338 e. The van der Waals surface area contributed by atoms with Crippen molar-refractivity contribution in [2.45, 2.75) is 37.1 Å². The predicted octanol–water partition coefficient (Wildman–Crippen LogP) is 4.10. The highest BCUT2D eigenvalue weighted by atomic mass is 19.1. The van der Waals surface area contributed by atoms with Crippen LogP contribution in [0, 0.1) is 11.6 Å². The second-order valence-electron chi connectivity index (χ2n) is 10.2. The number of halogens is 2. The molecule has 0 unspecified atom stereocenters. The quantitative estimate of drug-likeness (QED) is 0.648. The van der Waals surface area contributed by atoms with Crippen molar-refractivity contribution in [3.05, 3.63) is 65.2 Å². The summed E-state index contributed by atoms with van der Waals surface area (Å²) in [5, 5.41) is 0. The van der Waals surface area contributed by atoms with Crippen molar-refractivity contribution in [2.75, 3.05) is 51.7 Å². The van der Waals surface area contributed by atoms with Crippen LogP contribution in [0.1, 0.15) is 41.6 Å². The number of rotatable bonds is 2. The molecule has 2 saturated heterocycles. The second-order valence-corrected chi connectivity index (χ2v) is 10.2. The van der Waals surface area contributed by atoms with Gasteiger partial charge in [-0.3, -0.25) is 9.69 Å². The molecule has 3 aliphatic heterocycles. The summed E-state index contributed by atoms with van der Waals surface area (Å²) in [4.78, 5) is 33.2. The second kappa shape index (κ2) is 9.22. The highest BCUT2D eigenvalue weighted by Crippen LogP contribution is 2.48. The number of benzene rings is 2. The third-order valence-electron chi connectivity index (χ3n) is 8.02. The van der Waals surface area contributed by atoms with Crippen molar-refractivity contribution in [1.82, 2.24) is 14.7 Å². The summed E-state index contributed by atoms with van der Waals surface area (Å²) in [6.07, 6.45) is 3.41. The van der Waals surface area contributed by atoms with Crippen molar-refractivity contribution >= 4 is 17.6 Å². The number of anilines is 1. The normalized spacial score (nSPS) is 20.2. The maximum Gasteiger partial charge on any atom is 0.323 e. The van der Waals surface area contributed by atoms with Crippen molar-refractivity contribution in [1.29, 1.82) is 0 Å². The van der Waals surface area contributed by atoms with Gasteiger partial charge < -0.3 is 14.7 Å². The van der Waals surface area contributed by atoms with Crippen LogP contribution in [0.25, 0.3) is 0 Å². The Hall–Kier alpha value is -3.00. The van der Waals surface area contributed by atoms with Crippen molar-refractivity contribution in [2.24, 2.45) is 0 Å². The molecule has 6 nitrogen and oxygen atoms in total. The minimum absolute atomic E-state index is 0.0796. The molecule has 8 heteroatoms. The number of hydrogen-bond donors (Lipinski definition) is 0. The summed E-state index contributed by atoms with van der Waals surface area (Å²) < 4.78 is 28.3. The lowest BCUT2D eigenvalue weighted by molar-refractivity contribution is 0.0527. The van der Waals surface area contributed by atoms with E-state index in [9.17, 15) is 18.4 Å². The van der Waals surface area contributed by atoms with Crippen LogP contribution < -0.4 is 4.90 Å². The first-order valence-electron chi connectivity index (χ1n) is 12.4. The Morgan fingerprint density at radius 1 is 0.971 bits per heavy atom. The summed E-state index contributed by atoms with van der Waals surface area (Å²) in [6, 6.07) is 11.2. The molecule has 2 fully saturated rings. The van der Waals surface area contributed by atoms with Crippen molar-refractivity contribution < 1.29 is 18.4 Å². The lowest BCUT2D eigenvalue weighted by Gasteiger charge is -2.45. The van der Waals surface area contributed by atoms with Gasteiger partial charge in [0.25, 0.3) is 5.91 Å². The van der Waals surface area contributed by atoms with E-state index in [0.29, 0.717) is 25.7 Å². The Bertz CT molecular complexity index is 1120. The number of fused-ring (bicyclic) bond motifs is 2. The molecule has 0 aromatic heterocycles. The molecule has 3 amide bonds. The number of carbonyl (C=O) groups excluding carboxylic acids is 2. The number of amides is 3. The molecule has 0 N–H and O–H groups in total. The molecule has 0 bridgehead atoms. The SMILES string of the molecule is CN(C)C(=O)N1CC2(CCN(C3CCN(C(=O)c4ccccc4F)CC3)CC2)c2cc(F)ccc21. The Kier molecular flexibility index (Phi) is 6.25. The van der Waals surface area contributed by atoms with Gasteiger partial charge in [0.15, 0.2) is 0 Å². The lowest BCUT2D eigenvalue weighted by Crippen LogP contribution is -2.52. The molecule has 35 heavy (non-hydrogen) atoms. The van der Waals surface area contributed by atoms with Gasteiger partial charge in [0.1, 0.15) is 11.6 Å². The highest BCUT2D eigenvalue weighted by molar-refractivity contribution is 5.95. The molecular formula is C27H32F2N4O2. The number of hydrogen-bond acceptors (Lipinski definition) is 3. The molecule has 0 aliphatic carbocycles. The average Bonchev–Trinajstić information content (AvgIpc) is 3.17. The Morgan fingerprint density at radius 3 is 2.31 bits per heavy atom. The fourth-order valence-electron chi connectivity index (χ4n) is 6.04. The molecule has 2 aromatic carbocycles. The molecule has 0 radical (unpaired) electrons. The third kappa shape index (κ3) is 4.29. The van der Waals surface area contributed by atoms with E-state index in [1.807, 2.05) is 0 Å². The Balaban J connectivity index is 1.23. The van der Waals surface area contributed by atoms with Gasteiger partial charge in [-0.1, -0.05) is 12.1 Å². The van der Waals surface area contributed by atoms with Gasteiger partial charge >= 0.3 is 6.03 Å². The largest absolute Gasteiger partial charge is 0.338 e. The zero-order valence-corrected chi connectivity index (χ0v) is 20.3. The van der Waals surface area contributed by atoms with Crippen LogP contribution in [0.5, 0.6) is 0 Å². The fourth-order valence-corrected chi connectivity index (χ4v) is 6.04. The number of nitrogens with zero attached hydrogens (tertiary/aromatic N) is 4. The standard InChI is InChI=1S/C27H32F2N4O2/c1-30(2)26(35)33-18-27(22-17-19(28)7-8-24(22)33)11-15-31(16-12-27)20-9-13-32(14-10-20)25(34)21-5-3-4-6-23(21)29/h3-8,17,20H,9-16,18H2,1-2H3. The molecule has 0 saturated carbocycles. The number of carbonyl (C=O) groups is 2. The third-order valence-corrected chi connectivity index (χ3v) is 8.02. The zero-order valence-electron chi connectivity index (χ0n) is 20.3. The highest BCUT2D eigenvalue weighted by Gasteiger charge is 2.47. The van der Waals surface area contributed by atoms with E-state index < -0.39 is 5.82 Å². The Morgan fingerprint density at radius 2 is 1.66 bits per heavy atom. The molecule has 3 heterocycles. The summed E-state index contributed by atoms with van der Waals surface area (Å²) in [5.74, 6) is -0.984. The first-order chi connectivity index (χ1) is 16.8. The molecule has 5 rings (SSSR count).